The highest BCUT2D eigenvalue weighted by Gasteiger charge is 2.14. The molecular weight excluding hydrogens is 216 g/mol. The fourth-order valence-corrected chi connectivity index (χ4v) is 2.37. The molecule has 0 heterocycles. The smallest absolute Gasteiger partial charge is 0.235 e. The zero-order valence-corrected chi connectivity index (χ0v) is 10.2. The zero-order valence-electron chi connectivity index (χ0n) is 9.38. The molecule has 0 atom stereocenters. The number of carbonyl (C=O) groups is 1. The normalized spacial score (nSPS) is 11.3. The number of hydrogen-bond acceptors (Lipinski definition) is 4. The highest BCUT2D eigenvalue weighted by Crippen LogP contribution is 1.92. The van der Waals surface area contributed by atoms with E-state index in [4.69, 9.17) is 0 Å². The Morgan fingerprint density at radius 3 is 2.40 bits per heavy atom. The molecule has 0 saturated carbocycles. The summed E-state index contributed by atoms with van der Waals surface area (Å²) in [5, 5.41) is 5.58. The summed E-state index contributed by atoms with van der Waals surface area (Å²) in [6.07, 6.45) is 0.549. The topological polar surface area (TPSA) is 75.3 Å². The lowest BCUT2D eigenvalue weighted by Gasteiger charge is -2.05. The van der Waals surface area contributed by atoms with Gasteiger partial charge in [-0.2, -0.15) is 0 Å². The van der Waals surface area contributed by atoms with Crippen LogP contribution in [0.3, 0.4) is 0 Å². The van der Waals surface area contributed by atoms with Gasteiger partial charge in [0.15, 0.2) is 9.84 Å². The highest BCUT2D eigenvalue weighted by molar-refractivity contribution is 7.92. The predicted molar refractivity (Wildman–Crippen MR) is 60.5 cm³/mol. The van der Waals surface area contributed by atoms with E-state index in [-0.39, 0.29) is 5.75 Å². The van der Waals surface area contributed by atoms with Gasteiger partial charge in [0.25, 0.3) is 0 Å². The van der Waals surface area contributed by atoms with Crippen molar-refractivity contribution in [3.63, 3.8) is 0 Å². The molecule has 0 spiro atoms. The first-order chi connectivity index (χ1) is 7.02. The molecule has 0 aliphatic rings. The molecule has 0 saturated heterocycles. The molecule has 0 unspecified atom stereocenters. The van der Waals surface area contributed by atoms with Crippen LogP contribution in [0.5, 0.6) is 0 Å². The van der Waals surface area contributed by atoms with Crippen molar-refractivity contribution in [3.8, 4) is 0 Å². The van der Waals surface area contributed by atoms with E-state index in [1.165, 1.54) is 0 Å². The lowest BCUT2D eigenvalue weighted by molar-refractivity contribution is -0.118. The van der Waals surface area contributed by atoms with Crippen molar-refractivity contribution in [2.75, 3.05) is 31.1 Å². The van der Waals surface area contributed by atoms with Crippen molar-refractivity contribution in [1.29, 1.82) is 0 Å². The minimum Gasteiger partial charge on any atom is -0.354 e. The Morgan fingerprint density at radius 2 is 1.87 bits per heavy atom. The van der Waals surface area contributed by atoms with Gasteiger partial charge in [-0.1, -0.05) is 13.8 Å². The van der Waals surface area contributed by atoms with E-state index in [1.54, 1.807) is 6.92 Å². The molecule has 6 heteroatoms. The van der Waals surface area contributed by atoms with Gasteiger partial charge in [0.05, 0.1) is 5.75 Å². The Kier molecular flexibility index (Phi) is 7.33. The minimum atomic E-state index is -3.21. The first kappa shape index (κ1) is 14.4. The molecule has 0 aliphatic carbocycles. The maximum absolute atomic E-state index is 11.3. The second-order valence-electron chi connectivity index (χ2n) is 3.30. The van der Waals surface area contributed by atoms with Crippen molar-refractivity contribution in [2.45, 2.75) is 20.3 Å². The van der Waals surface area contributed by atoms with E-state index >= 15 is 0 Å². The van der Waals surface area contributed by atoms with Crippen molar-refractivity contribution in [1.82, 2.24) is 10.6 Å². The number of likely N-dealkylation sites (N-methyl/N-ethyl adjacent to an activating group) is 1. The van der Waals surface area contributed by atoms with Crippen LogP contribution in [0.25, 0.3) is 0 Å². The molecule has 1 amide bonds. The standard InChI is InChI=1S/C9H20N2O3S/c1-3-7-15(13,14)8-9(12)11-6-5-10-4-2/h10H,3-8H2,1-2H3,(H,11,12). The largest absolute Gasteiger partial charge is 0.354 e. The number of carbonyl (C=O) groups excluding carboxylic acids is 1. The first-order valence-electron chi connectivity index (χ1n) is 5.19. The predicted octanol–water partition coefficient (Wildman–Crippen LogP) is -0.463. The van der Waals surface area contributed by atoms with Crippen molar-refractivity contribution in [3.05, 3.63) is 0 Å². The summed E-state index contributed by atoms with van der Waals surface area (Å²) in [5.41, 5.74) is 0. The highest BCUT2D eigenvalue weighted by atomic mass is 32.2. The van der Waals surface area contributed by atoms with Crippen molar-refractivity contribution in [2.24, 2.45) is 0 Å². The third kappa shape index (κ3) is 8.38. The van der Waals surface area contributed by atoms with Gasteiger partial charge in [-0.25, -0.2) is 8.42 Å². The fraction of sp³-hybridized carbons (Fsp3) is 0.889. The van der Waals surface area contributed by atoms with Gasteiger partial charge in [-0.05, 0) is 13.0 Å². The molecule has 90 valence electrons. The summed E-state index contributed by atoms with van der Waals surface area (Å²) in [6, 6.07) is 0. The van der Waals surface area contributed by atoms with E-state index < -0.39 is 21.5 Å². The summed E-state index contributed by atoms with van der Waals surface area (Å²) >= 11 is 0. The molecule has 15 heavy (non-hydrogen) atoms. The number of rotatable bonds is 8. The number of nitrogens with one attached hydrogen (secondary N) is 2. The van der Waals surface area contributed by atoms with Gasteiger partial charge in [-0.15, -0.1) is 0 Å². The fourth-order valence-electron chi connectivity index (χ4n) is 1.10. The average Bonchev–Trinajstić information content (AvgIpc) is 2.11. The molecule has 0 fully saturated rings. The first-order valence-corrected chi connectivity index (χ1v) is 7.01. The van der Waals surface area contributed by atoms with Crippen LogP contribution >= 0.6 is 0 Å². The van der Waals surface area contributed by atoms with Crippen LogP contribution in [-0.2, 0) is 14.6 Å². The van der Waals surface area contributed by atoms with Crippen LogP contribution < -0.4 is 10.6 Å². The lowest BCUT2D eigenvalue weighted by atomic mass is 10.5. The third-order valence-electron chi connectivity index (χ3n) is 1.74. The number of hydrogen-bond donors (Lipinski definition) is 2. The van der Waals surface area contributed by atoms with E-state index in [9.17, 15) is 13.2 Å². The summed E-state index contributed by atoms with van der Waals surface area (Å²) in [7, 11) is -3.21. The molecule has 0 aromatic heterocycles. The molecule has 0 bridgehead atoms. The van der Waals surface area contributed by atoms with Gasteiger partial charge in [0.1, 0.15) is 5.75 Å². The Morgan fingerprint density at radius 1 is 1.20 bits per heavy atom. The van der Waals surface area contributed by atoms with E-state index in [1.807, 2.05) is 6.92 Å². The van der Waals surface area contributed by atoms with Crippen LogP contribution in [0, 0.1) is 0 Å². The summed E-state index contributed by atoms with van der Waals surface area (Å²) in [4.78, 5) is 11.2. The third-order valence-corrected chi connectivity index (χ3v) is 3.47. The molecule has 0 aliphatic heterocycles. The Balaban J connectivity index is 3.74. The Bertz CT molecular complexity index is 275. The average molecular weight is 236 g/mol. The second-order valence-corrected chi connectivity index (χ2v) is 5.48. The van der Waals surface area contributed by atoms with Gasteiger partial charge < -0.3 is 10.6 Å². The maximum Gasteiger partial charge on any atom is 0.235 e. The summed E-state index contributed by atoms with van der Waals surface area (Å²) < 4.78 is 22.5. The second kappa shape index (κ2) is 7.64. The minimum absolute atomic E-state index is 0.0770. The van der Waals surface area contributed by atoms with Gasteiger partial charge in [-0.3, -0.25) is 4.79 Å². The summed E-state index contributed by atoms with van der Waals surface area (Å²) in [6.45, 7) is 5.71. The Labute approximate surface area is 91.5 Å². The quantitative estimate of drug-likeness (QED) is 0.559. The molecule has 2 N–H and O–H groups in total. The SMILES string of the molecule is CCCS(=O)(=O)CC(=O)NCCNCC. The van der Waals surface area contributed by atoms with Gasteiger partial charge in [0, 0.05) is 13.1 Å². The molecule has 0 rings (SSSR count). The van der Waals surface area contributed by atoms with Crippen LogP contribution in [-0.4, -0.2) is 45.5 Å². The molecule has 0 radical (unpaired) electrons. The van der Waals surface area contributed by atoms with Crippen LogP contribution in [0.1, 0.15) is 20.3 Å². The van der Waals surface area contributed by atoms with Crippen molar-refractivity contribution >= 4 is 15.7 Å². The zero-order chi connectivity index (χ0) is 11.7. The Hall–Kier alpha value is -0.620. The molecule has 0 aromatic rings. The number of sulfone groups is 1. The van der Waals surface area contributed by atoms with Crippen LogP contribution in [0.4, 0.5) is 0 Å². The van der Waals surface area contributed by atoms with E-state index in [0.29, 0.717) is 19.5 Å². The molecule has 0 aromatic carbocycles. The monoisotopic (exact) mass is 236 g/mol. The lowest BCUT2D eigenvalue weighted by Crippen LogP contribution is -2.35. The molecule has 5 nitrogen and oxygen atoms in total. The summed E-state index contributed by atoms with van der Waals surface area (Å²) in [5.74, 6) is -0.734. The number of amides is 1. The van der Waals surface area contributed by atoms with Crippen LogP contribution in [0.2, 0.25) is 0 Å². The van der Waals surface area contributed by atoms with E-state index in [2.05, 4.69) is 10.6 Å². The van der Waals surface area contributed by atoms with Crippen LogP contribution in [0.15, 0.2) is 0 Å². The van der Waals surface area contributed by atoms with Crippen molar-refractivity contribution < 1.29 is 13.2 Å². The van der Waals surface area contributed by atoms with Gasteiger partial charge in [0.2, 0.25) is 5.91 Å². The maximum atomic E-state index is 11.3. The molecular formula is C9H20N2O3S. The van der Waals surface area contributed by atoms with E-state index in [0.717, 1.165) is 6.54 Å². The van der Waals surface area contributed by atoms with Gasteiger partial charge >= 0.3 is 0 Å².